The second-order valence-electron chi connectivity index (χ2n) is 6.04. The molecule has 0 atom stereocenters. The van der Waals surface area contributed by atoms with Gasteiger partial charge in [0.2, 0.25) is 5.91 Å². The smallest absolute Gasteiger partial charge is 0.263 e. The molecule has 0 saturated carbocycles. The molecule has 0 spiro atoms. The van der Waals surface area contributed by atoms with Gasteiger partial charge in [-0.3, -0.25) is 9.59 Å². The first-order valence-electron chi connectivity index (χ1n) is 9.16. The predicted octanol–water partition coefficient (Wildman–Crippen LogP) is 1.32. The number of likely N-dealkylation sites (tertiary alicyclic amines) is 1. The van der Waals surface area contributed by atoms with E-state index in [1.807, 2.05) is 11.0 Å². The molecular formula is C18H30N4O3. The fraction of sp³-hybridized carbons (Fsp3) is 0.722. The van der Waals surface area contributed by atoms with Gasteiger partial charge in [0.15, 0.2) is 0 Å². The Labute approximate surface area is 150 Å². The van der Waals surface area contributed by atoms with Gasteiger partial charge in [-0.15, -0.1) is 0 Å². The van der Waals surface area contributed by atoms with E-state index in [-0.39, 0.29) is 17.4 Å². The summed E-state index contributed by atoms with van der Waals surface area (Å²) in [6.07, 6.45) is 6.70. The van der Waals surface area contributed by atoms with Crippen LogP contribution in [0.1, 0.15) is 45.4 Å². The molecule has 0 bridgehead atoms. The van der Waals surface area contributed by atoms with Gasteiger partial charge in [0.05, 0.1) is 0 Å². The highest BCUT2D eigenvalue weighted by atomic mass is 16.5. The minimum absolute atomic E-state index is 0.0594. The van der Waals surface area contributed by atoms with E-state index in [4.69, 9.17) is 10.00 Å². The third-order valence-corrected chi connectivity index (χ3v) is 3.93. The number of hydrogen-bond donors (Lipinski definition) is 2. The van der Waals surface area contributed by atoms with Crippen molar-refractivity contribution in [3.63, 3.8) is 0 Å². The van der Waals surface area contributed by atoms with Gasteiger partial charge in [-0.2, -0.15) is 5.26 Å². The van der Waals surface area contributed by atoms with E-state index in [9.17, 15) is 9.59 Å². The molecule has 1 rings (SSSR count). The molecule has 1 saturated heterocycles. The Morgan fingerprint density at radius 1 is 1.32 bits per heavy atom. The molecule has 0 aromatic carbocycles. The van der Waals surface area contributed by atoms with E-state index in [0.717, 1.165) is 38.8 Å². The van der Waals surface area contributed by atoms with Crippen LogP contribution in [0.5, 0.6) is 0 Å². The molecule has 0 radical (unpaired) electrons. The van der Waals surface area contributed by atoms with Crippen molar-refractivity contribution in [1.29, 1.82) is 5.26 Å². The maximum Gasteiger partial charge on any atom is 0.263 e. The monoisotopic (exact) mass is 350 g/mol. The Hall–Kier alpha value is -2.07. The quantitative estimate of drug-likeness (QED) is 0.297. The van der Waals surface area contributed by atoms with Crippen LogP contribution in [0.2, 0.25) is 0 Å². The number of unbranched alkanes of at least 4 members (excludes halogenated alkanes) is 1. The van der Waals surface area contributed by atoms with Gasteiger partial charge in [-0.05, 0) is 25.7 Å². The second kappa shape index (κ2) is 13.2. The van der Waals surface area contributed by atoms with E-state index in [1.54, 1.807) is 0 Å². The second-order valence-corrected chi connectivity index (χ2v) is 6.04. The summed E-state index contributed by atoms with van der Waals surface area (Å²) in [5, 5.41) is 14.7. The molecule has 25 heavy (non-hydrogen) atoms. The van der Waals surface area contributed by atoms with Gasteiger partial charge >= 0.3 is 0 Å². The van der Waals surface area contributed by atoms with Crippen LogP contribution in [-0.2, 0) is 14.3 Å². The van der Waals surface area contributed by atoms with Crippen molar-refractivity contribution in [3.8, 4) is 6.07 Å². The van der Waals surface area contributed by atoms with Gasteiger partial charge < -0.3 is 20.3 Å². The van der Waals surface area contributed by atoms with Crippen molar-refractivity contribution >= 4 is 11.8 Å². The van der Waals surface area contributed by atoms with Gasteiger partial charge in [0.1, 0.15) is 11.6 Å². The number of ether oxygens (including phenoxy) is 1. The molecular weight excluding hydrogens is 320 g/mol. The normalized spacial score (nSPS) is 14.5. The third kappa shape index (κ3) is 9.11. The average Bonchev–Trinajstić information content (AvgIpc) is 3.02. The van der Waals surface area contributed by atoms with Crippen molar-refractivity contribution < 1.29 is 14.3 Å². The van der Waals surface area contributed by atoms with Crippen molar-refractivity contribution in [1.82, 2.24) is 15.5 Å². The molecule has 0 aliphatic carbocycles. The van der Waals surface area contributed by atoms with E-state index >= 15 is 0 Å². The summed E-state index contributed by atoms with van der Waals surface area (Å²) < 4.78 is 5.44. The van der Waals surface area contributed by atoms with Crippen LogP contribution in [-0.4, -0.2) is 56.1 Å². The van der Waals surface area contributed by atoms with Crippen LogP contribution in [0.4, 0.5) is 0 Å². The first-order chi connectivity index (χ1) is 12.2. The summed E-state index contributed by atoms with van der Waals surface area (Å²) >= 11 is 0. The van der Waals surface area contributed by atoms with Crippen LogP contribution in [0.25, 0.3) is 0 Å². The van der Waals surface area contributed by atoms with Gasteiger partial charge in [0.25, 0.3) is 5.91 Å². The number of rotatable bonds is 13. The molecule has 2 N–H and O–H groups in total. The summed E-state index contributed by atoms with van der Waals surface area (Å²) in [6.45, 7) is 6.14. The zero-order valence-electron chi connectivity index (χ0n) is 15.2. The highest BCUT2D eigenvalue weighted by Crippen LogP contribution is 2.09. The Morgan fingerprint density at radius 2 is 2.12 bits per heavy atom. The summed E-state index contributed by atoms with van der Waals surface area (Å²) in [4.78, 5) is 25.2. The number of nitrogens with zero attached hydrogens (tertiary/aromatic N) is 2. The Morgan fingerprint density at radius 3 is 2.80 bits per heavy atom. The predicted molar refractivity (Wildman–Crippen MR) is 95.5 cm³/mol. The molecule has 7 nitrogen and oxygen atoms in total. The molecule has 0 aromatic rings. The molecule has 2 amide bonds. The van der Waals surface area contributed by atoms with Crippen molar-refractivity contribution in [2.75, 3.05) is 39.4 Å². The molecule has 0 unspecified atom stereocenters. The molecule has 1 fully saturated rings. The Kier molecular flexibility index (Phi) is 11.1. The lowest BCUT2D eigenvalue weighted by Gasteiger charge is -2.15. The lowest BCUT2D eigenvalue weighted by Crippen LogP contribution is -2.31. The zero-order valence-corrected chi connectivity index (χ0v) is 15.2. The lowest BCUT2D eigenvalue weighted by molar-refractivity contribution is -0.127. The molecule has 1 heterocycles. The van der Waals surface area contributed by atoms with Crippen molar-refractivity contribution in [2.24, 2.45) is 0 Å². The van der Waals surface area contributed by atoms with E-state index in [0.29, 0.717) is 39.1 Å². The molecule has 7 heteroatoms. The Balaban J connectivity index is 2.12. The summed E-state index contributed by atoms with van der Waals surface area (Å²) in [7, 11) is 0. The lowest BCUT2D eigenvalue weighted by atomic mass is 10.3. The number of nitrogens with one attached hydrogen (secondary N) is 2. The highest BCUT2D eigenvalue weighted by Gasteiger charge is 2.19. The zero-order chi connectivity index (χ0) is 18.3. The number of nitriles is 1. The third-order valence-electron chi connectivity index (χ3n) is 3.93. The van der Waals surface area contributed by atoms with Crippen LogP contribution in [0, 0.1) is 11.3 Å². The molecule has 1 aliphatic rings. The maximum absolute atomic E-state index is 11.9. The van der Waals surface area contributed by atoms with Crippen LogP contribution >= 0.6 is 0 Å². The first-order valence-corrected chi connectivity index (χ1v) is 9.16. The SMILES string of the molecule is CCCCOCCCN/C=C(/C#N)C(=O)NCCCN1CCCC1=O. The average molecular weight is 350 g/mol. The fourth-order valence-corrected chi connectivity index (χ4v) is 2.46. The van der Waals surface area contributed by atoms with E-state index in [1.165, 1.54) is 6.20 Å². The maximum atomic E-state index is 11.9. The minimum atomic E-state index is -0.387. The number of hydrogen-bond acceptors (Lipinski definition) is 5. The summed E-state index contributed by atoms with van der Waals surface area (Å²) in [6, 6.07) is 1.90. The number of amides is 2. The van der Waals surface area contributed by atoms with Crippen LogP contribution in [0.15, 0.2) is 11.8 Å². The molecule has 1 aliphatic heterocycles. The topological polar surface area (TPSA) is 94.5 Å². The minimum Gasteiger partial charge on any atom is -0.390 e. The Bertz CT molecular complexity index is 485. The van der Waals surface area contributed by atoms with Gasteiger partial charge in [-0.25, -0.2) is 0 Å². The van der Waals surface area contributed by atoms with Crippen molar-refractivity contribution in [2.45, 2.75) is 45.4 Å². The number of carbonyl (C=O) groups excluding carboxylic acids is 2. The molecule has 140 valence electrons. The fourth-order valence-electron chi connectivity index (χ4n) is 2.46. The molecule has 0 aromatic heterocycles. The van der Waals surface area contributed by atoms with Crippen LogP contribution < -0.4 is 10.6 Å². The number of carbonyl (C=O) groups is 2. The first kappa shape index (κ1) is 21.0. The van der Waals surface area contributed by atoms with Gasteiger partial charge in [0, 0.05) is 52.0 Å². The van der Waals surface area contributed by atoms with Crippen molar-refractivity contribution in [3.05, 3.63) is 11.8 Å². The summed E-state index contributed by atoms with van der Waals surface area (Å²) in [5.74, 6) is -0.200. The largest absolute Gasteiger partial charge is 0.390 e. The van der Waals surface area contributed by atoms with Gasteiger partial charge in [-0.1, -0.05) is 13.3 Å². The highest BCUT2D eigenvalue weighted by molar-refractivity contribution is 5.97. The van der Waals surface area contributed by atoms with E-state index in [2.05, 4.69) is 17.6 Å². The standard InChI is InChI=1S/C18H30N4O3/c1-2-3-12-25-13-6-8-20-15-16(14-19)18(24)21-9-5-11-22-10-4-7-17(22)23/h15,20H,2-13H2,1H3,(H,21,24)/b16-15-. The van der Waals surface area contributed by atoms with Crippen LogP contribution in [0.3, 0.4) is 0 Å². The van der Waals surface area contributed by atoms with E-state index < -0.39 is 0 Å². The summed E-state index contributed by atoms with van der Waals surface area (Å²) in [5.41, 5.74) is 0.0594.